The summed E-state index contributed by atoms with van der Waals surface area (Å²) in [5.41, 5.74) is 2.34. The zero-order chi connectivity index (χ0) is 17.3. The number of rotatable bonds is 4. The minimum Gasteiger partial charge on any atom is -0.490 e. The molecule has 24 heavy (non-hydrogen) atoms. The number of aromatic nitrogens is 2. The van der Waals surface area contributed by atoms with Gasteiger partial charge < -0.3 is 10.1 Å². The minimum absolute atomic E-state index is 0.0334. The van der Waals surface area contributed by atoms with Gasteiger partial charge in [-0.25, -0.2) is 0 Å². The summed E-state index contributed by atoms with van der Waals surface area (Å²) < 4.78 is 4.97. The topological polar surface area (TPSA) is 110 Å². The summed E-state index contributed by atoms with van der Waals surface area (Å²) in [6.45, 7) is 1.91. The van der Waals surface area contributed by atoms with Gasteiger partial charge in [0, 0.05) is 34.5 Å². The van der Waals surface area contributed by atoms with Crippen LogP contribution in [0.2, 0.25) is 0 Å². The molecule has 1 heterocycles. The first-order chi connectivity index (χ1) is 11.5. The monoisotopic (exact) mass is 326 g/mol. The number of aromatic amines is 1. The summed E-state index contributed by atoms with van der Waals surface area (Å²) in [6.07, 6.45) is 0. The smallest absolute Gasteiger partial charge is 0.310 e. The summed E-state index contributed by atoms with van der Waals surface area (Å²) in [5.74, 6) is -0.360. The number of H-pyrrole nitrogens is 1. The van der Waals surface area contributed by atoms with Crippen LogP contribution in [0.5, 0.6) is 5.75 Å². The van der Waals surface area contributed by atoms with Crippen LogP contribution in [-0.2, 0) is 0 Å². The molecule has 0 atom stereocenters. The third kappa shape index (κ3) is 2.76. The van der Waals surface area contributed by atoms with Crippen LogP contribution >= 0.6 is 0 Å². The number of nitro benzene ring substituents is 1. The Morgan fingerprint density at radius 1 is 1.29 bits per heavy atom. The van der Waals surface area contributed by atoms with Gasteiger partial charge in [-0.15, -0.1) is 0 Å². The first-order valence-electron chi connectivity index (χ1n) is 7.08. The highest BCUT2D eigenvalue weighted by atomic mass is 16.6. The SMILES string of the molecule is COc1cc(C(=O)Nc2ccc3c(C)[nH]nc3c2)ccc1[N+](=O)[O-]. The second kappa shape index (κ2) is 5.99. The van der Waals surface area contributed by atoms with Gasteiger partial charge in [0.2, 0.25) is 0 Å². The number of nitrogens with zero attached hydrogens (tertiary/aromatic N) is 2. The summed E-state index contributed by atoms with van der Waals surface area (Å²) >= 11 is 0. The molecule has 1 amide bonds. The number of methoxy groups -OCH3 is 1. The van der Waals surface area contributed by atoms with Crippen molar-refractivity contribution in [2.45, 2.75) is 6.92 Å². The lowest BCUT2D eigenvalue weighted by atomic mass is 10.1. The van der Waals surface area contributed by atoms with Crippen LogP contribution in [0, 0.1) is 17.0 Å². The Balaban J connectivity index is 1.86. The predicted molar refractivity (Wildman–Crippen MR) is 88.4 cm³/mol. The number of hydrogen-bond donors (Lipinski definition) is 2. The van der Waals surface area contributed by atoms with Gasteiger partial charge >= 0.3 is 5.69 Å². The van der Waals surface area contributed by atoms with E-state index in [4.69, 9.17) is 4.74 Å². The van der Waals surface area contributed by atoms with Crippen LogP contribution in [0.1, 0.15) is 16.1 Å². The van der Waals surface area contributed by atoms with Crippen LogP contribution in [0.3, 0.4) is 0 Å². The number of nitro groups is 1. The van der Waals surface area contributed by atoms with Crippen LogP contribution in [0.25, 0.3) is 10.9 Å². The van der Waals surface area contributed by atoms with Gasteiger partial charge in [-0.1, -0.05) is 0 Å². The predicted octanol–water partition coefficient (Wildman–Crippen LogP) is 3.04. The Morgan fingerprint density at radius 3 is 2.79 bits per heavy atom. The Kier molecular flexibility index (Phi) is 3.87. The van der Waals surface area contributed by atoms with E-state index in [0.717, 1.165) is 16.6 Å². The van der Waals surface area contributed by atoms with Crippen LogP contribution in [0.15, 0.2) is 36.4 Å². The molecule has 0 saturated carbocycles. The summed E-state index contributed by atoms with van der Waals surface area (Å²) in [4.78, 5) is 22.7. The Bertz CT molecular complexity index is 948. The number of carbonyl (C=O) groups is 1. The van der Waals surface area contributed by atoms with Crippen molar-refractivity contribution >= 4 is 28.2 Å². The molecule has 0 saturated heterocycles. The molecule has 0 aliphatic rings. The lowest BCUT2D eigenvalue weighted by Gasteiger charge is -2.07. The van der Waals surface area contributed by atoms with E-state index in [1.807, 2.05) is 13.0 Å². The molecule has 0 radical (unpaired) electrons. The molecular formula is C16H14N4O4. The molecule has 8 nitrogen and oxygen atoms in total. The minimum atomic E-state index is -0.561. The second-order valence-electron chi connectivity index (χ2n) is 5.18. The average Bonchev–Trinajstić information content (AvgIpc) is 2.94. The number of aryl methyl sites for hydroxylation is 1. The zero-order valence-corrected chi connectivity index (χ0v) is 13.0. The molecule has 0 bridgehead atoms. The number of benzene rings is 2. The molecule has 1 aromatic heterocycles. The Labute approximate surface area is 136 Å². The number of carbonyl (C=O) groups excluding carboxylic acids is 1. The molecule has 0 aliphatic carbocycles. The average molecular weight is 326 g/mol. The highest BCUT2D eigenvalue weighted by Gasteiger charge is 2.17. The summed E-state index contributed by atoms with van der Waals surface area (Å²) in [5, 5.41) is 21.6. The Hall–Kier alpha value is -3.42. The van der Waals surface area contributed by atoms with Crippen LogP contribution in [-0.4, -0.2) is 28.1 Å². The van der Waals surface area contributed by atoms with Gasteiger partial charge in [-0.3, -0.25) is 20.0 Å². The van der Waals surface area contributed by atoms with Crippen molar-refractivity contribution in [1.82, 2.24) is 10.2 Å². The van der Waals surface area contributed by atoms with Crippen molar-refractivity contribution in [2.75, 3.05) is 12.4 Å². The van der Waals surface area contributed by atoms with Crippen LogP contribution < -0.4 is 10.1 Å². The van der Waals surface area contributed by atoms with Crippen molar-refractivity contribution in [3.8, 4) is 5.75 Å². The van der Waals surface area contributed by atoms with Crippen LogP contribution in [0.4, 0.5) is 11.4 Å². The Morgan fingerprint density at radius 2 is 2.08 bits per heavy atom. The molecular weight excluding hydrogens is 312 g/mol. The van der Waals surface area contributed by atoms with Crippen molar-refractivity contribution in [2.24, 2.45) is 0 Å². The van der Waals surface area contributed by atoms with Gasteiger partial charge in [0.15, 0.2) is 5.75 Å². The quantitative estimate of drug-likeness (QED) is 0.565. The standard InChI is InChI=1S/C16H14N4O4/c1-9-12-5-4-11(8-13(12)19-18-9)17-16(21)10-3-6-14(20(22)23)15(7-10)24-2/h3-8H,1-2H3,(H,17,21)(H,18,19). The normalized spacial score (nSPS) is 10.6. The number of ether oxygens (including phenoxy) is 1. The van der Waals surface area contributed by atoms with E-state index in [0.29, 0.717) is 5.69 Å². The molecule has 2 aromatic carbocycles. The maximum atomic E-state index is 12.3. The third-order valence-corrected chi connectivity index (χ3v) is 3.64. The van der Waals surface area contributed by atoms with Gasteiger partial charge in [-0.2, -0.15) is 5.10 Å². The summed E-state index contributed by atoms with van der Waals surface area (Å²) in [6, 6.07) is 9.34. The molecule has 2 N–H and O–H groups in total. The molecule has 8 heteroatoms. The number of hydrogen-bond acceptors (Lipinski definition) is 5. The molecule has 0 unspecified atom stereocenters. The first-order valence-corrected chi connectivity index (χ1v) is 7.08. The second-order valence-corrected chi connectivity index (χ2v) is 5.18. The van der Waals surface area contributed by atoms with E-state index in [1.54, 1.807) is 12.1 Å². The van der Waals surface area contributed by atoms with E-state index in [2.05, 4.69) is 15.5 Å². The van der Waals surface area contributed by atoms with Crippen molar-refractivity contribution in [1.29, 1.82) is 0 Å². The van der Waals surface area contributed by atoms with E-state index in [1.165, 1.54) is 25.3 Å². The largest absolute Gasteiger partial charge is 0.490 e. The fraction of sp³-hybridized carbons (Fsp3) is 0.125. The van der Waals surface area contributed by atoms with Gasteiger partial charge in [0.05, 0.1) is 17.5 Å². The van der Waals surface area contributed by atoms with E-state index in [-0.39, 0.29) is 17.0 Å². The molecule has 3 rings (SSSR count). The maximum absolute atomic E-state index is 12.3. The van der Waals surface area contributed by atoms with Gasteiger partial charge in [0.25, 0.3) is 5.91 Å². The summed E-state index contributed by atoms with van der Waals surface area (Å²) in [7, 11) is 1.32. The molecule has 122 valence electrons. The van der Waals surface area contributed by atoms with E-state index in [9.17, 15) is 14.9 Å². The number of nitrogens with one attached hydrogen (secondary N) is 2. The molecule has 0 spiro atoms. The third-order valence-electron chi connectivity index (χ3n) is 3.64. The molecule has 0 fully saturated rings. The highest BCUT2D eigenvalue weighted by Crippen LogP contribution is 2.28. The van der Waals surface area contributed by atoms with E-state index >= 15 is 0 Å². The molecule has 3 aromatic rings. The van der Waals surface area contributed by atoms with Crippen molar-refractivity contribution in [3.05, 3.63) is 57.8 Å². The maximum Gasteiger partial charge on any atom is 0.310 e. The van der Waals surface area contributed by atoms with Crippen molar-refractivity contribution in [3.63, 3.8) is 0 Å². The lowest BCUT2D eigenvalue weighted by molar-refractivity contribution is -0.385. The fourth-order valence-electron chi connectivity index (χ4n) is 2.40. The number of amides is 1. The van der Waals surface area contributed by atoms with Crippen molar-refractivity contribution < 1.29 is 14.5 Å². The highest BCUT2D eigenvalue weighted by molar-refractivity contribution is 6.05. The van der Waals surface area contributed by atoms with Gasteiger partial charge in [-0.05, 0) is 31.2 Å². The zero-order valence-electron chi connectivity index (χ0n) is 13.0. The van der Waals surface area contributed by atoms with Gasteiger partial charge in [0.1, 0.15) is 0 Å². The number of fused-ring (bicyclic) bond motifs is 1. The number of anilines is 1. The first kappa shape index (κ1) is 15.5. The fourth-order valence-corrected chi connectivity index (χ4v) is 2.40. The van der Waals surface area contributed by atoms with E-state index < -0.39 is 10.8 Å². The lowest BCUT2D eigenvalue weighted by Crippen LogP contribution is -2.12. The molecule has 0 aliphatic heterocycles.